The maximum absolute atomic E-state index is 12.7. The lowest BCUT2D eigenvalue weighted by Crippen LogP contribution is -2.18. The highest BCUT2D eigenvalue weighted by molar-refractivity contribution is 6.35. The second-order valence-electron chi connectivity index (χ2n) is 5.80. The van der Waals surface area contributed by atoms with E-state index in [-0.39, 0.29) is 17.4 Å². The third-order valence-corrected chi connectivity index (χ3v) is 4.65. The number of aliphatic carboxylic acids is 1. The van der Waals surface area contributed by atoms with E-state index >= 15 is 0 Å². The second kappa shape index (κ2) is 7.40. The summed E-state index contributed by atoms with van der Waals surface area (Å²) >= 11 is 12.2. The van der Waals surface area contributed by atoms with E-state index in [4.69, 9.17) is 33.0 Å². The molecule has 5 nitrogen and oxygen atoms in total. The standard InChI is InChI=1S/C19H15Cl2NO4/c1-26-14-4-5-17-15(8-14)19(25)12(6-18(23)24)10-22(17)9-11-2-3-13(20)7-16(11)21/h2-5,7-8,10H,6,9H2,1H3,(H,23,24). The van der Waals surface area contributed by atoms with Gasteiger partial charge in [-0.05, 0) is 35.9 Å². The number of carbonyl (C=O) groups is 1. The fraction of sp³-hybridized carbons (Fsp3) is 0.158. The molecule has 134 valence electrons. The van der Waals surface area contributed by atoms with Crippen molar-refractivity contribution in [2.24, 2.45) is 0 Å². The van der Waals surface area contributed by atoms with Crippen molar-refractivity contribution in [1.29, 1.82) is 0 Å². The summed E-state index contributed by atoms with van der Waals surface area (Å²) in [5.74, 6) is -0.543. The number of pyridine rings is 1. The summed E-state index contributed by atoms with van der Waals surface area (Å²) in [5, 5.41) is 10.5. The van der Waals surface area contributed by atoms with E-state index in [9.17, 15) is 9.59 Å². The molecule has 3 aromatic rings. The Balaban J connectivity index is 2.20. The molecule has 2 aromatic carbocycles. The molecule has 0 unspecified atom stereocenters. The number of hydrogen-bond acceptors (Lipinski definition) is 3. The maximum atomic E-state index is 12.7. The Morgan fingerprint density at radius 3 is 2.58 bits per heavy atom. The summed E-state index contributed by atoms with van der Waals surface area (Å²) < 4.78 is 7.00. The number of hydrogen-bond donors (Lipinski definition) is 1. The summed E-state index contributed by atoms with van der Waals surface area (Å²) in [6.45, 7) is 0.367. The van der Waals surface area contributed by atoms with E-state index in [1.807, 2.05) is 4.57 Å². The molecule has 0 spiro atoms. The van der Waals surface area contributed by atoms with Crippen LogP contribution < -0.4 is 10.2 Å². The molecule has 1 heterocycles. The Kier molecular flexibility index (Phi) is 5.20. The minimum absolute atomic E-state index is 0.198. The van der Waals surface area contributed by atoms with E-state index < -0.39 is 5.97 Å². The van der Waals surface area contributed by atoms with Crippen LogP contribution in [0.3, 0.4) is 0 Å². The molecular weight excluding hydrogens is 377 g/mol. The summed E-state index contributed by atoms with van der Waals surface area (Å²) in [4.78, 5) is 23.8. The number of ether oxygens (including phenoxy) is 1. The van der Waals surface area contributed by atoms with Gasteiger partial charge in [-0.15, -0.1) is 0 Å². The second-order valence-corrected chi connectivity index (χ2v) is 6.64. The first-order valence-corrected chi connectivity index (χ1v) is 8.50. The van der Waals surface area contributed by atoms with E-state index in [0.717, 1.165) is 5.56 Å². The summed E-state index contributed by atoms with van der Waals surface area (Å²) in [7, 11) is 1.51. The quantitative estimate of drug-likeness (QED) is 0.713. The molecule has 0 saturated heterocycles. The first kappa shape index (κ1) is 18.3. The Morgan fingerprint density at radius 1 is 1.15 bits per heavy atom. The molecule has 0 atom stereocenters. The van der Waals surface area contributed by atoms with E-state index in [1.165, 1.54) is 7.11 Å². The number of aromatic nitrogens is 1. The summed E-state index contributed by atoms with van der Waals surface area (Å²) in [5.41, 5.74) is 1.34. The van der Waals surface area contributed by atoms with E-state index in [0.29, 0.717) is 33.2 Å². The third-order valence-electron chi connectivity index (χ3n) is 4.06. The molecule has 0 bridgehead atoms. The third kappa shape index (κ3) is 3.69. The van der Waals surface area contributed by atoms with Crippen molar-refractivity contribution in [3.63, 3.8) is 0 Å². The van der Waals surface area contributed by atoms with Crippen molar-refractivity contribution in [2.75, 3.05) is 7.11 Å². The average Bonchev–Trinajstić information content (AvgIpc) is 2.60. The molecule has 0 saturated carbocycles. The first-order chi connectivity index (χ1) is 12.4. The van der Waals surface area contributed by atoms with Gasteiger partial charge >= 0.3 is 5.97 Å². The lowest BCUT2D eigenvalue weighted by atomic mass is 10.1. The van der Waals surface area contributed by atoms with E-state index in [2.05, 4.69) is 0 Å². The summed E-state index contributed by atoms with van der Waals surface area (Å²) in [6.07, 6.45) is 1.20. The predicted molar refractivity (Wildman–Crippen MR) is 102 cm³/mol. The first-order valence-electron chi connectivity index (χ1n) is 7.75. The van der Waals surface area contributed by atoms with Crippen LogP contribution in [0.25, 0.3) is 10.9 Å². The van der Waals surface area contributed by atoms with Crippen LogP contribution in [0.4, 0.5) is 0 Å². The smallest absolute Gasteiger partial charge is 0.308 e. The molecule has 7 heteroatoms. The van der Waals surface area contributed by atoms with Crippen molar-refractivity contribution in [3.8, 4) is 5.75 Å². The van der Waals surface area contributed by atoms with Gasteiger partial charge in [-0.25, -0.2) is 0 Å². The van der Waals surface area contributed by atoms with E-state index in [1.54, 1.807) is 42.6 Å². The largest absolute Gasteiger partial charge is 0.497 e. The van der Waals surface area contributed by atoms with Gasteiger partial charge in [0.25, 0.3) is 0 Å². The van der Waals surface area contributed by atoms with Gasteiger partial charge in [0.15, 0.2) is 5.43 Å². The summed E-state index contributed by atoms with van der Waals surface area (Å²) in [6, 6.07) is 10.3. The molecule has 0 radical (unpaired) electrons. The molecule has 0 aliphatic carbocycles. The zero-order valence-electron chi connectivity index (χ0n) is 13.8. The van der Waals surface area contributed by atoms with Crippen molar-refractivity contribution in [1.82, 2.24) is 4.57 Å². The highest BCUT2D eigenvalue weighted by atomic mass is 35.5. The normalized spacial score (nSPS) is 10.9. The van der Waals surface area contributed by atoms with Gasteiger partial charge in [0.2, 0.25) is 0 Å². The SMILES string of the molecule is COc1ccc2c(c1)c(=O)c(CC(=O)O)cn2Cc1ccc(Cl)cc1Cl. The number of halogens is 2. The minimum Gasteiger partial charge on any atom is -0.497 e. The Hall–Kier alpha value is -2.50. The Labute approximate surface area is 159 Å². The Morgan fingerprint density at radius 2 is 1.92 bits per heavy atom. The van der Waals surface area contributed by atoms with Gasteiger partial charge in [-0.3, -0.25) is 9.59 Å². The lowest BCUT2D eigenvalue weighted by molar-refractivity contribution is -0.136. The average molecular weight is 392 g/mol. The zero-order valence-corrected chi connectivity index (χ0v) is 15.3. The lowest BCUT2D eigenvalue weighted by Gasteiger charge is -2.15. The molecule has 0 aliphatic heterocycles. The van der Waals surface area contributed by atoms with Gasteiger partial charge in [-0.1, -0.05) is 29.3 Å². The number of carboxylic acids is 1. The fourth-order valence-corrected chi connectivity index (χ4v) is 3.29. The van der Waals surface area contributed by atoms with Gasteiger partial charge < -0.3 is 14.4 Å². The topological polar surface area (TPSA) is 68.5 Å². The zero-order chi connectivity index (χ0) is 18.8. The number of fused-ring (bicyclic) bond motifs is 1. The van der Waals surface area contributed by atoms with Crippen LogP contribution in [0.15, 0.2) is 47.4 Å². The number of carboxylic acid groups (broad SMARTS) is 1. The number of nitrogens with zero attached hydrogens (tertiary/aromatic N) is 1. The molecule has 1 aromatic heterocycles. The van der Waals surface area contributed by atoms with Crippen molar-refractivity contribution >= 4 is 40.1 Å². The van der Waals surface area contributed by atoms with Gasteiger partial charge in [0, 0.05) is 33.7 Å². The predicted octanol–water partition coefficient (Wildman–Crippen LogP) is 3.99. The number of rotatable bonds is 5. The maximum Gasteiger partial charge on any atom is 0.308 e. The molecular formula is C19H15Cl2NO4. The van der Waals surface area contributed by atoms with Crippen LogP contribution in [-0.2, 0) is 17.8 Å². The van der Waals surface area contributed by atoms with Gasteiger partial charge in [-0.2, -0.15) is 0 Å². The molecule has 0 amide bonds. The van der Waals surface area contributed by atoms with Crippen LogP contribution in [0, 0.1) is 0 Å². The van der Waals surface area contributed by atoms with Crippen molar-refractivity contribution in [3.05, 3.63) is 74.0 Å². The highest BCUT2D eigenvalue weighted by Gasteiger charge is 2.14. The molecule has 26 heavy (non-hydrogen) atoms. The minimum atomic E-state index is -1.07. The van der Waals surface area contributed by atoms with Gasteiger partial charge in [0.05, 0.1) is 19.0 Å². The molecule has 1 N–H and O–H groups in total. The fourth-order valence-electron chi connectivity index (χ4n) is 2.82. The molecule has 3 rings (SSSR count). The van der Waals surface area contributed by atoms with Crippen LogP contribution in [0.5, 0.6) is 5.75 Å². The number of methoxy groups -OCH3 is 1. The molecule has 0 aliphatic rings. The Bertz CT molecular complexity index is 1060. The van der Waals surface area contributed by atoms with Crippen LogP contribution in [0.1, 0.15) is 11.1 Å². The van der Waals surface area contributed by atoms with Crippen molar-refractivity contribution < 1.29 is 14.6 Å². The monoisotopic (exact) mass is 391 g/mol. The van der Waals surface area contributed by atoms with Crippen molar-refractivity contribution in [2.45, 2.75) is 13.0 Å². The van der Waals surface area contributed by atoms with Crippen LogP contribution >= 0.6 is 23.2 Å². The van der Waals surface area contributed by atoms with Crippen LogP contribution in [0.2, 0.25) is 10.0 Å². The van der Waals surface area contributed by atoms with Crippen LogP contribution in [-0.4, -0.2) is 22.8 Å². The number of benzene rings is 2. The van der Waals surface area contributed by atoms with Gasteiger partial charge in [0.1, 0.15) is 5.75 Å². The molecule has 0 fully saturated rings. The highest BCUT2D eigenvalue weighted by Crippen LogP contribution is 2.24.